The summed E-state index contributed by atoms with van der Waals surface area (Å²) >= 11 is 0. The molecule has 2 N–H and O–H groups in total. The number of aromatic hydroxyl groups is 1. The number of likely N-dealkylation sites (tertiary alicyclic amines) is 1. The summed E-state index contributed by atoms with van der Waals surface area (Å²) in [5.41, 5.74) is 1.40. The SMILES string of the molecule is O=Cc1cc(O)cc2c(CCC3CCN(C(=O)O)CC3)noc12. The largest absolute Gasteiger partial charge is 0.508 e. The Morgan fingerprint density at radius 1 is 1.39 bits per heavy atom. The molecule has 1 amide bonds. The summed E-state index contributed by atoms with van der Waals surface area (Å²) < 4.78 is 5.24. The van der Waals surface area contributed by atoms with Gasteiger partial charge in [0.05, 0.1) is 11.3 Å². The van der Waals surface area contributed by atoms with Crippen LogP contribution in [0.5, 0.6) is 5.75 Å². The van der Waals surface area contributed by atoms with Crippen LogP contribution in [0.1, 0.15) is 35.3 Å². The van der Waals surface area contributed by atoms with Crippen LogP contribution in [0, 0.1) is 5.92 Å². The van der Waals surface area contributed by atoms with E-state index in [-0.39, 0.29) is 11.3 Å². The highest BCUT2D eigenvalue weighted by Crippen LogP contribution is 2.29. The number of phenolic OH excluding ortho intramolecular Hbond substituents is 1. The first-order chi connectivity index (χ1) is 11.1. The second kappa shape index (κ2) is 6.28. The Labute approximate surface area is 132 Å². The predicted molar refractivity (Wildman–Crippen MR) is 81.7 cm³/mol. The molecule has 1 aromatic heterocycles. The van der Waals surface area contributed by atoms with E-state index in [0.717, 1.165) is 25.0 Å². The highest BCUT2D eigenvalue weighted by atomic mass is 16.5. The predicted octanol–water partition coefficient (Wildman–Crippen LogP) is 2.67. The highest BCUT2D eigenvalue weighted by molar-refractivity contribution is 5.96. The standard InChI is InChI=1S/C16H18N2O5/c19-9-11-7-12(20)8-13-14(17-23-15(11)13)2-1-10-3-5-18(6-4-10)16(21)22/h7-10,20H,1-6H2,(H,21,22). The molecule has 23 heavy (non-hydrogen) atoms. The molecule has 0 saturated carbocycles. The summed E-state index contributed by atoms with van der Waals surface area (Å²) in [4.78, 5) is 23.4. The minimum atomic E-state index is -0.859. The Hall–Kier alpha value is -2.57. The zero-order chi connectivity index (χ0) is 16.4. The third-order valence-corrected chi connectivity index (χ3v) is 4.46. The van der Waals surface area contributed by atoms with Gasteiger partial charge in [0, 0.05) is 18.5 Å². The fraction of sp³-hybridized carbons (Fsp3) is 0.438. The number of carboxylic acid groups (broad SMARTS) is 1. The minimum absolute atomic E-state index is 0.0128. The lowest BCUT2D eigenvalue weighted by atomic mass is 9.91. The van der Waals surface area contributed by atoms with Gasteiger partial charge in [-0.3, -0.25) is 4.79 Å². The third-order valence-electron chi connectivity index (χ3n) is 4.46. The summed E-state index contributed by atoms with van der Waals surface area (Å²) in [5, 5.41) is 23.3. The second-order valence-corrected chi connectivity index (χ2v) is 5.91. The van der Waals surface area contributed by atoms with Gasteiger partial charge in [-0.2, -0.15) is 0 Å². The smallest absolute Gasteiger partial charge is 0.407 e. The number of rotatable bonds is 4. The first kappa shape index (κ1) is 15.3. The van der Waals surface area contributed by atoms with Gasteiger partial charge in [-0.05, 0) is 43.7 Å². The monoisotopic (exact) mass is 318 g/mol. The molecule has 7 heteroatoms. The molecule has 1 saturated heterocycles. The topological polar surface area (TPSA) is 104 Å². The van der Waals surface area contributed by atoms with Crippen molar-refractivity contribution in [3.8, 4) is 5.75 Å². The van der Waals surface area contributed by atoms with Crippen LogP contribution in [0.25, 0.3) is 11.0 Å². The lowest BCUT2D eigenvalue weighted by molar-refractivity contribution is 0.112. The lowest BCUT2D eigenvalue weighted by Gasteiger charge is -2.29. The molecule has 1 fully saturated rings. The third kappa shape index (κ3) is 3.13. The molecule has 1 aliphatic heterocycles. The maximum absolute atomic E-state index is 11.0. The molecule has 7 nitrogen and oxygen atoms in total. The van der Waals surface area contributed by atoms with Gasteiger partial charge in [0.2, 0.25) is 0 Å². The molecular formula is C16H18N2O5. The van der Waals surface area contributed by atoms with Crippen LogP contribution in [0.2, 0.25) is 0 Å². The van der Waals surface area contributed by atoms with Crippen LogP contribution in [0.3, 0.4) is 0 Å². The Morgan fingerprint density at radius 3 is 2.78 bits per heavy atom. The van der Waals surface area contributed by atoms with Crippen molar-refractivity contribution >= 4 is 23.3 Å². The number of hydrogen-bond donors (Lipinski definition) is 2. The molecule has 0 unspecified atom stereocenters. The number of carbonyl (C=O) groups excluding carboxylic acids is 1. The van der Waals surface area contributed by atoms with E-state index in [1.807, 2.05) is 0 Å². The van der Waals surface area contributed by atoms with Crippen molar-refractivity contribution in [2.75, 3.05) is 13.1 Å². The summed E-state index contributed by atoms with van der Waals surface area (Å²) in [5.74, 6) is 0.457. The number of amides is 1. The number of piperidine rings is 1. The number of carbonyl (C=O) groups is 2. The number of aryl methyl sites for hydroxylation is 1. The van der Waals surface area contributed by atoms with Crippen LogP contribution in [-0.2, 0) is 6.42 Å². The van der Waals surface area contributed by atoms with Crippen molar-refractivity contribution in [3.63, 3.8) is 0 Å². The van der Waals surface area contributed by atoms with Gasteiger partial charge in [-0.1, -0.05) is 5.16 Å². The maximum Gasteiger partial charge on any atom is 0.407 e. The van der Waals surface area contributed by atoms with Gasteiger partial charge >= 0.3 is 6.09 Å². The Balaban J connectivity index is 1.67. The molecule has 0 atom stereocenters. The van der Waals surface area contributed by atoms with E-state index in [1.54, 1.807) is 6.07 Å². The number of aromatic nitrogens is 1. The van der Waals surface area contributed by atoms with Crippen molar-refractivity contribution in [1.29, 1.82) is 0 Å². The van der Waals surface area contributed by atoms with E-state index in [4.69, 9.17) is 9.63 Å². The molecule has 0 spiro atoms. The summed E-state index contributed by atoms with van der Waals surface area (Å²) in [7, 11) is 0. The second-order valence-electron chi connectivity index (χ2n) is 5.91. The van der Waals surface area contributed by atoms with Crippen molar-refractivity contribution in [1.82, 2.24) is 10.1 Å². The average molecular weight is 318 g/mol. The van der Waals surface area contributed by atoms with Gasteiger partial charge in [0.1, 0.15) is 5.75 Å². The summed E-state index contributed by atoms with van der Waals surface area (Å²) in [6.07, 6.45) is 3.01. The van der Waals surface area contributed by atoms with Crippen LogP contribution in [-0.4, -0.2) is 45.7 Å². The van der Waals surface area contributed by atoms with Gasteiger partial charge < -0.3 is 19.6 Å². The Bertz CT molecular complexity index is 731. The van der Waals surface area contributed by atoms with E-state index in [2.05, 4.69) is 5.16 Å². The molecule has 3 rings (SSSR count). The molecule has 0 radical (unpaired) electrons. The van der Waals surface area contributed by atoms with Crippen molar-refractivity contribution in [2.24, 2.45) is 5.92 Å². The van der Waals surface area contributed by atoms with Crippen LogP contribution in [0.15, 0.2) is 16.7 Å². The fourth-order valence-electron chi connectivity index (χ4n) is 3.12. The van der Waals surface area contributed by atoms with E-state index in [1.165, 1.54) is 11.0 Å². The number of phenols is 1. The first-order valence-corrected chi connectivity index (χ1v) is 7.63. The normalized spacial score (nSPS) is 15.9. The molecule has 122 valence electrons. The number of benzene rings is 1. The zero-order valence-corrected chi connectivity index (χ0v) is 12.6. The molecule has 1 aliphatic rings. The van der Waals surface area contributed by atoms with Crippen molar-refractivity contribution < 1.29 is 24.3 Å². The average Bonchev–Trinajstić information content (AvgIpc) is 2.95. The van der Waals surface area contributed by atoms with Gasteiger partial charge in [0.25, 0.3) is 0 Å². The number of fused-ring (bicyclic) bond motifs is 1. The van der Waals surface area contributed by atoms with Crippen LogP contribution in [0.4, 0.5) is 4.79 Å². The fourth-order valence-corrected chi connectivity index (χ4v) is 3.12. The summed E-state index contributed by atoms with van der Waals surface area (Å²) in [6.45, 7) is 1.13. The maximum atomic E-state index is 11.0. The molecular weight excluding hydrogens is 300 g/mol. The highest BCUT2D eigenvalue weighted by Gasteiger charge is 2.23. The van der Waals surface area contributed by atoms with Gasteiger partial charge in [-0.25, -0.2) is 4.79 Å². The number of hydrogen-bond acceptors (Lipinski definition) is 5. The number of aldehydes is 1. The quantitative estimate of drug-likeness (QED) is 0.840. The van der Waals surface area contributed by atoms with E-state index < -0.39 is 6.09 Å². The molecule has 1 aromatic carbocycles. The minimum Gasteiger partial charge on any atom is -0.508 e. The van der Waals surface area contributed by atoms with E-state index in [9.17, 15) is 14.7 Å². The molecule has 0 aliphatic carbocycles. The van der Waals surface area contributed by atoms with Gasteiger partial charge in [0.15, 0.2) is 11.9 Å². The Kier molecular flexibility index (Phi) is 4.18. The zero-order valence-electron chi connectivity index (χ0n) is 12.6. The van der Waals surface area contributed by atoms with E-state index >= 15 is 0 Å². The van der Waals surface area contributed by atoms with Crippen molar-refractivity contribution in [3.05, 3.63) is 23.4 Å². The molecule has 2 aromatic rings. The van der Waals surface area contributed by atoms with Crippen molar-refractivity contribution in [2.45, 2.75) is 25.7 Å². The van der Waals surface area contributed by atoms with Crippen LogP contribution < -0.4 is 0 Å². The molecule has 0 bridgehead atoms. The van der Waals surface area contributed by atoms with Gasteiger partial charge in [-0.15, -0.1) is 0 Å². The Morgan fingerprint density at radius 2 is 2.13 bits per heavy atom. The first-order valence-electron chi connectivity index (χ1n) is 7.63. The summed E-state index contributed by atoms with van der Waals surface area (Å²) in [6, 6.07) is 2.91. The molecule has 2 heterocycles. The number of nitrogens with zero attached hydrogens (tertiary/aromatic N) is 2. The van der Waals surface area contributed by atoms with Crippen LogP contribution >= 0.6 is 0 Å². The van der Waals surface area contributed by atoms with E-state index in [0.29, 0.717) is 42.7 Å². The lowest BCUT2D eigenvalue weighted by Crippen LogP contribution is -2.37.